The van der Waals surface area contributed by atoms with Crippen LogP contribution < -0.4 is 11.1 Å². The van der Waals surface area contributed by atoms with E-state index in [9.17, 15) is 4.79 Å². The van der Waals surface area contributed by atoms with Crippen molar-refractivity contribution in [3.05, 3.63) is 29.8 Å². The summed E-state index contributed by atoms with van der Waals surface area (Å²) in [5, 5.41) is 3.02. The van der Waals surface area contributed by atoms with E-state index in [2.05, 4.69) is 12.2 Å². The third-order valence-corrected chi connectivity index (χ3v) is 3.76. The number of rotatable bonds is 5. The molecule has 1 aliphatic rings. The molecule has 3 N–H and O–H groups in total. The molecule has 1 atom stereocenters. The van der Waals surface area contributed by atoms with Gasteiger partial charge in [0, 0.05) is 17.1 Å². The van der Waals surface area contributed by atoms with Gasteiger partial charge in [-0.15, -0.1) is 0 Å². The van der Waals surface area contributed by atoms with E-state index in [1.165, 1.54) is 0 Å². The fraction of sp³-hybridized carbons (Fsp3) is 0.533. The summed E-state index contributed by atoms with van der Waals surface area (Å²) < 4.78 is 0. The zero-order chi connectivity index (χ0) is 13.2. The third kappa shape index (κ3) is 2.72. The molecule has 0 aromatic heterocycles. The molecular weight excluding hydrogens is 224 g/mol. The van der Waals surface area contributed by atoms with Crippen molar-refractivity contribution in [3.8, 4) is 0 Å². The molecule has 1 unspecified atom stereocenters. The minimum atomic E-state index is -0.0748. The normalized spacial score (nSPS) is 18.2. The molecule has 0 bridgehead atoms. The Balaban J connectivity index is 1.99. The van der Waals surface area contributed by atoms with Crippen molar-refractivity contribution in [2.45, 2.75) is 45.6 Å². The highest BCUT2D eigenvalue weighted by atomic mass is 16.2. The summed E-state index contributed by atoms with van der Waals surface area (Å²) in [5.41, 5.74) is 7.67. The highest BCUT2D eigenvalue weighted by molar-refractivity contribution is 5.97. The summed E-state index contributed by atoms with van der Waals surface area (Å²) in [4.78, 5) is 12.2. The van der Waals surface area contributed by atoms with Crippen LogP contribution >= 0.6 is 0 Å². The lowest BCUT2D eigenvalue weighted by atomic mass is 9.99. The first-order valence-corrected chi connectivity index (χ1v) is 6.74. The average molecular weight is 246 g/mol. The van der Waals surface area contributed by atoms with Gasteiger partial charge in [-0.3, -0.25) is 4.79 Å². The van der Waals surface area contributed by atoms with Gasteiger partial charge in [-0.05, 0) is 43.9 Å². The molecule has 1 aliphatic carbocycles. The fourth-order valence-electron chi connectivity index (χ4n) is 2.35. The van der Waals surface area contributed by atoms with Crippen LogP contribution in [0.4, 0.5) is 5.69 Å². The first kappa shape index (κ1) is 13.1. The van der Waals surface area contributed by atoms with E-state index in [4.69, 9.17) is 5.73 Å². The van der Waals surface area contributed by atoms with Crippen molar-refractivity contribution in [2.75, 3.05) is 5.32 Å². The summed E-state index contributed by atoms with van der Waals surface area (Å²) >= 11 is 0. The first-order valence-electron chi connectivity index (χ1n) is 6.74. The van der Waals surface area contributed by atoms with Crippen LogP contribution in [-0.4, -0.2) is 5.91 Å². The number of amides is 1. The standard InChI is InChI=1S/C15H22N2O/c1-3-8-15(9-10-15)14(18)17-13-6-4-12(5-7-13)11(2)16/h4-7,11H,3,8-10,16H2,1-2H3,(H,17,18). The van der Waals surface area contributed by atoms with Crippen LogP contribution in [0.15, 0.2) is 24.3 Å². The first-order chi connectivity index (χ1) is 8.57. The van der Waals surface area contributed by atoms with Gasteiger partial charge in [-0.2, -0.15) is 0 Å². The van der Waals surface area contributed by atoms with E-state index < -0.39 is 0 Å². The molecule has 0 heterocycles. The van der Waals surface area contributed by atoms with Gasteiger partial charge in [0.1, 0.15) is 0 Å². The average Bonchev–Trinajstić information content (AvgIpc) is 3.11. The number of carbonyl (C=O) groups excluding carboxylic acids is 1. The van der Waals surface area contributed by atoms with E-state index in [0.717, 1.165) is 36.9 Å². The maximum absolute atomic E-state index is 12.2. The topological polar surface area (TPSA) is 55.1 Å². The Morgan fingerprint density at radius 2 is 2.00 bits per heavy atom. The Hall–Kier alpha value is -1.35. The molecule has 2 rings (SSSR count). The maximum atomic E-state index is 12.2. The second-order valence-electron chi connectivity index (χ2n) is 5.40. The van der Waals surface area contributed by atoms with E-state index in [-0.39, 0.29) is 17.4 Å². The number of anilines is 1. The lowest BCUT2D eigenvalue weighted by Gasteiger charge is -2.14. The van der Waals surface area contributed by atoms with E-state index in [1.54, 1.807) is 0 Å². The van der Waals surface area contributed by atoms with Crippen molar-refractivity contribution in [2.24, 2.45) is 11.1 Å². The predicted octanol–water partition coefficient (Wildman–Crippen LogP) is 3.23. The number of carbonyl (C=O) groups is 1. The largest absolute Gasteiger partial charge is 0.326 e. The fourth-order valence-corrected chi connectivity index (χ4v) is 2.35. The van der Waals surface area contributed by atoms with Gasteiger partial charge in [0.05, 0.1) is 0 Å². The Labute approximate surface area is 109 Å². The van der Waals surface area contributed by atoms with Crippen LogP contribution in [0.2, 0.25) is 0 Å². The van der Waals surface area contributed by atoms with Crippen LogP contribution in [-0.2, 0) is 4.79 Å². The Bertz CT molecular complexity index is 419. The Morgan fingerprint density at radius 1 is 1.39 bits per heavy atom. The van der Waals surface area contributed by atoms with Crippen LogP contribution in [0.25, 0.3) is 0 Å². The molecule has 3 nitrogen and oxygen atoms in total. The zero-order valence-electron chi connectivity index (χ0n) is 11.2. The molecule has 0 radical (unpaired) electrons. The molecule has 1 aromatic rings. The summed E-state index contributed by atoms with van der Waals surface area (Å²) in [7, 11) is 0. The van der Waals surface area contributed by atoms with Crippen molar-refractivity contribution < 1.29 is 4.79 Å². The molecule has 1 aromatic carbocycles. The molecule has 3 heteroatoms. The smallest absolute Gasteiger partial charge is 0.230 e. The molecular formula is C15H22N2O. The number of benzene rings is 1. The van der Waals surface area contributed by atoms with Gasteiger partial charge in [0.2, 0.25) is 5.91 Å². The van der Waals surface area contributed by atoms with Crippen LogP contribution in [0, 0.1) is 5.41 Å². The maximum Gasteiger partial charge on any atom is 0.230 e. The highest BCUT2D eigenvalue weighted by Gasteiger charge is 2.48. The van der Waals surface area contributed by atoms with Gasteiger partial charge < -0.3 is 11.1 Å². The van der Waals surface area contributed by atoms with E-state index in [1.807, 2.05) is 31.2 Å². The summed E-state index contributed by atoms with van der Waals surface area (Å²) in [5.74, 6) is 0.179. The monoisotopic (exact) mass is 246 g/mol. The highest BCUT2D eigenvalue weighted by Crippen LogP contribution is 2.50. The van der Waals surface area contributed by atoms with Crippen molar-refractivity contribution in [3.63, 3.8) is 0 Å². The third-order valence-electron chi connectivity index (χ3n) is 3.76. The molecule has 0 saturated heterocycles. The molecule has 1 fully saturated rings. The lowest BCUT2D eigenvalue weighted by molar-refractivity contribution is -0.121. The van der Waals surface area contributed by atoms with E-state index >= 15 is 0 Å². The van der Waals surface area contributed by atoms with Gasteiger partial charge >= 0.3 is 0 Å². The van der Waals surface area contributed by atoms with Crippen molar-refractivity contribution >= 4 is 11.6 Å². The predicted molar refractivity (Wildman–Crippen MR) is 74.2 cm³/mol. The summed E-state index contributed by atoms with van der Waals surface area (Å²) in [6, 6.07) is 7.83. The van der Waals surface area contributed by atoms with Crippen molar-refractivity contribution in [1.82, 2.24) is 0 Å². The van der Waals surface area contributed by atoms with Gasteiger partial charge in [-0.25, -0.2) is 0 Å². The molecule has 0 aliphatic heterocycles. The Morgan fingerprint density at radius 3 is 2.44 bits per heavy atom. The molecule has 0 spiro atoms. The number of nitrogens with two attached hydrogens (primary N) is 1. The molecule has 1 amide bonds. The molecule has 1 saturated carbocycles. The summed E-state index contributed by atoms with van der Waals surface area (Å²) in [6.45, 7) is 4.08. The van der Waals surface area contributed by atoms with Crippen LogP contribution in [0.3, 0.4) is 0 Å². The van der Waals surface area contributed by atoms with E-state index in [0.29, 0.717) is 0 Å². The lowest BCUT2D eigenvalue weighted by Crippen LogP contribution is -2.24. The molecule has 18 heavy (non-hydrogen) atoms. The second kappa shape index (κ2) is 5.11. The molecule has 98 valence electrons. The zero-order valence-corrected chi connectivity index (χ0v) is 11.2. The quantitative estimate of drug-likeness (QED) is 0.838. The van der Waals surface area contributed by atoms with Gasteiger partial charge in [-0.1, -0.05) is 25.5 Å². The number of nitrogens with one attached hydrogen (secondary N) is 1. The minimum Gasteiger partial charge on any atom is -0.326 e. The van der Waals surface area contributed by atoms with Crippen LogP contribution in [0.5, 0.6) is 0 Å². The van der Waals surface area contributed by atoms with Crippen molar-refractivity contribution in [1.29, 1.82) is 0 Å². The number of hydrogen-bond acceptors (Lipinski definition) is 2. The van der Waals surface area contributed by atoms with Gasteiger partial charge in [0.15, 0.2) is 0 Å². The van der Waals surface area contributed by atoms with Gasteiger partial charge in [0.25, 0.3) is 0 Å². The number of hydrogen-bond donors (Lipinski definition) is 2. The van der Waals surface area contributed by atoms with Crippen LogP contribution in [0.1, 0.15) is 51.1 Å². The Kier molecular flexibility index (Phi) is 3.71. The SMILES string of the molecule is CCCC1(C(=O)Nc2ccc(C(C)N)cc2)CC1. The minimum absolute atomic E-state index is 0.0321. The summed E-state index contributed by atoms with van der Waals surface area (Å²) in [6.07, 6.45) is 4.13. The second-order valence-corrected chi connectivity index (χ2v) is 5.40.